The molecule has 0 saturated heterocycles. The maximum absolute atomic E-state index is 12.4. The van der Waals surface area contributed by atoms with Crippen LogP contribution in [0.4, 0.5) is 4.79 Å². The van der Waals surface area contributed by atoms with Crippen LogP contribution in [-0.4, -0.2) is 38.1 Å². The molecule has 0 unspecified atom stereocenters. The number of nitrogens with zero attached hydrogens (tertiary/aromatic N) is 3. The van der Waals surface area contributed by atoms with Gasteiger partial charge in [0.05, 0.1) is 5.75 Å². The minimum Gasteiger partial charge on any atom is -0.443 e. The minimum absolute atomic E-state index is 0.00453. The van der Waals surface area contributed by atoms with Crippen LogP contribution in [0, 0.1) is 0 Å². The molecule has 0 atom stereocenters. The molecule has 0 radical (unpaired) electrons. The first-order valence-electron chi connectivity index (χ1n) is 6.40. The van der Waals surface area contributed by atoms with E-state index in [0.717, 1.165) is 17.3 Å². The van der Waals surface area contributed by atoms with Gasteiger partial charge in [-0.25, -0.2) is 9.36 Å². The molecule has 2 rings (SSSR count). The summed E-state index contributed by atoms with van der Waals surface area (Å²) in [5.41, 5.74) is 5.24. The molecule has 1 amide bonds. The van der Waals surface area contributed by atoms with Crippen LogP contribution in [0.25, 0.3) is 11.4 Å². The summed E-state index contributed by atoms with van der Waals surface area (Å²) in [6, 6.07) is 1.83. The molecule has 2 aromatic rings. The zero-order chi connectivity index (χ0) is 16.3. The maximum Gasteiger partial charge on any atom is 0.422 e. The highest BCUT2D eigenvalue weighted by Gasteiger charge is 2.25. The molecule has 2 N–H and O–H groups in total. The number of amides is 1. The van der Waals surface area contributed by atoms with Gasteiger partial charge in [0, 0.05) is 10.9 Å². The van der Waals surface area contributed by atoms with E-state index in [1.807, 2.05) is 16.8 Å². The number of hydrogen-bond donors (Lipinski definition) is 1. The fourth-order valence-corrected chi connectivity index (χ4v) is 2.84. The average molecular weight is 340 g/mol. The molecule has 0 fully saturated rings. The lowest BCUT2D eigenvalue weighted by Gasteiger charge is -2.20. The van der Waals surface area contributed by atoms with E-state index in [-0.39, 0.29) is 10.9 Å². The van der Waals surface area contributed by atoms with Gasteiger partial charge >= 0.3 is 6.09 Å². The van der Waals surface area contributed by atoms with Crippen molar-refractivity contribution in [1.29, 1.82) is 0 Å². The van der Waals surface area contributed by atoms with Gasteiger partial charge in [-0.05, 0) is 32.2 Å². The lowest BCUT2D eigenvalue weighted by atomic mass is 10.2. The van der Waals surface area contributed by atoms with E-state index in [2.05, 4.69) is 10.2 Å². The number of thioether (sulfide) groups is 1. The second kappa shape index (κ2) is 6.49. The molecule has 0 saturated carbocycles. The van der Waals surface area contributed by atoms with Gasteiger partial charge in [-0.15, -0.1) is 10.2 Å². The Hall–Kier alpha value is -1.87. The van der Waals surface area contributed by atoms with Gasteiger partial charge < -0.3 is 10.5 Å². The number of aromatic nitrogens is 3. The van der Waals surface area contributed by atoms with Gasteiger partial charge in [0.2, 0.25) is 11.1 Å². The van der Waals surface area contributed by atoms with Crippen LogP contribution in [0.2, 0.25) is 0 Å². The Morgan fingerprint density at radius 3 is 2.68 bits per heavy atom. The smallest absolute Gasteiger partial charge is 0.422 e. The summed E-state index contributed by atoms with van der Waals surface area (Å²) < 4.78 is 6.65. The van der Waals surface area contributed by atoms with Crippen LogP contribution in [0.1, 0.15) is 20.8 Å². The zero-order valence-electron chi connectivity index (χ0n) is 12.4. The van der Waals surface area contributed by atoms with Gasteiger partial charge in [-0.1, -0.05) is 11.8 Å². The van der Waals surface area contributed by atoms with E-state index in [0.29, 0.717) is 5.82 Å². The highest BCUT2D eigenvalue weighted by atomic mass is 32.2. The summed E-state index contributed by atoms with van der Waals surface area (Å²) in [6.07, 6.45) is -0.592. The zero-order valence-corrected chi connectivity index (χ0v) is 14.0. The number of primary amides is 1. The van der Waals surface area contributed by atoms with E-state index >= 15 is 0 Å². The first kappa shape index (κ1) is 16.5. The molecule has 0 aliphatic heterocycles. The monoisotopic (exact) mass is 340 g/mol. The Kier molecular flexibility index (Phi) is 4.87. The highest BCUT2D eigenvalue weighted by molar-refractivity contribution is 7.99. The van der Waals surface area contributed by atoms with Crippen LogP contribution in [0.15, 0.2) is 22.0 Å². The molecule has 0 bridgehead atoms. The largest absolute Gasteiger partial charge is 0.443 e. The second-order valence-corrected chi connectivity index (χ2v) is 7.11. The third kappa shape index (κ3) is 4.08. The van der Waals surface area contributed by atoms with Crippen molar-refractivity contribution in [2.45, 2.75) is 31.5 Å². The van der Waals surface area contributed by atoms with Crippen molar-refractivity contribution in [2.75, 3.05) is 5.75 Å². The van der Waals surface area contributed by atoms with E-state index in [1.54, 1.807) is 20.8 Å². The van der Waals surface area contributed by atoms with Crippen molar-refractivity contribution in [1.82, 2.24) is 14.8 Å². The van der Waals surface area contributed by atoms with Gasteiger partial charge in [0.25, 0.3) is 0 Å². The van der Waals surface area contributed by atoms with Crippen LogP contribution < -0.4 is 5.73 Å². The first-order chi connectivity index (χ1) is 10.3. The van der Waals surface area contributed by atoms with Gasteiger partial charge in [0.15, 0.2) is 5.82 Å². The fourth-order valence-electron chi connectivity index (χ4n) is 1.55. The molecule has 22 heavy (non-hydrogen) atoms. The quantitative estimate of drug-likeness (QED) is 0.858. The van der Waals surface area contributed by atoms with Crippen LogP contribution in [0.5, 0.6) is 0 Å². The molecule has 2 heterocycles. The Morgan fingerprint density at radius 1 is 1.41 bits per heavy atom. The molecule has 0 aliphatic carbocycles. The molecular formula is C13H16N4O3S2. The van der Waals surface area contributed by atoms with E-state index in [1.165, 1.54) is 15.9 Å². The van der Waals surface area contributed by atoms with Gasteiger partial charge in [0.1, 0.15) is 5.60 Å². The number of carbonyl (C=O) groups is 2. The summed E-state index contributed by atoms with van der Waals surface area (Å²) in [7, 11) is 0. The van der Waals surface area contributed by atoms with Crippen LogP contribution >= 0.6 is 23.1 Å². The number of nitrogens with two attached hydrogens (primary N) is 1. The predicted molar refractivity (Wildman–Crippen MR) is 84.9 cm³/mol. The Bertz CT molecular complexity index is 674. The predicted octanol–water partition coefficient (Wildman–Crippen LogP) is 2.37. The van der Waals surface area contributed by atoms with E-state index in [9.17, 15) is 9.59 Å². The maximum atomic E-state index is 12.4. The molecule has 7 nitrogen and oxygen atoms in total. The molecule has 9 heteroatoms. The van der Waals surface area contributed by atoms with Crippen LogP contribution in [0.3, 0.4) is 0 Å². The Labute approximate surface area is 135 Å². The lowest BCUT2D eigenvalue weighted by molar-refractivity contribution is -0.115. The van der Waals surface area contributed by atoms with Crippen molar-refractivity contribution in [2.24, 2.45) is 5.73 Å². The highest BCUT2D eigenvalue weighted by Crippen LogP contribution is 2.26. The summed E-state index contributed by atoms with van der Waals surface area (Å²) in [5.74, 6) is -0.117. The van der Waals surface area contributed by atoms with Gasteiger partial charge in [-0.2, -0.15) is 11.3 Å². The summed E-state index contributed by atoms with van der Waals surface area (Å²) in [5, 5.41) is 12.0. The van der Waals surface area contributed by atoms with Crippen LogP contribution in [-0.2, 0) is 9.53 Å². The van der Waals surface area contributed by atoms with Crippen molar-refractivity contribution in [3.8, 4) is 11.4 Å². The number of ether oxygens (including phenoxy) is 1. The fraction of sp³-hybridized carbons (Fsp3) is 0.385. The Morgan fingerprint density at radius 2 is 2.14 bits per heavy atom. The number of rotatable bonds is 4. The molecule has 0 aromatic carbocycles. The molecule has 2 aromatic heterocycles. The molecular weight excluding hydrogens is 324 g/mol. The first-order valence-corrected chi connectivity index (χ1v) is 8.33. The summed E-state index contributed by atoms with van der Waals surface area (Å²) in [4.78, 5) is 23.4. The summed E-state index contributed by atoms with van der Waals surface area (Å²) >= 11 is 2.53. The third-order valence-electron chi connectivity index (χ3n) is 2.33. The van der Waals surface area contributed by atoms with Crippen molar-refractivity contribution >= 4 is 35.1 Å². The van der Waals surface area contributed by atoms with Crippen molar-refractivity contribution in [3.63, 3.8) is 0 Å². The van der Waals surface area contributed by atoms with Crippen molar-refractivity contribution < 1.29 is 14.3 Å². The van der Waals surface area contributed by atoms with E-state index < -0.39 is 17.6 Å². The second-order valence-electron chi connectivity index (χ2n) is 5.39. The SMILES string of the molecule is CC(C)(C)OC(=O)n1c(SCC(N)=O)nnc1-c1ccsc1. The topological polar surface area (TPSA) is 100 Å². The summed E-state index contributed by atoms with van der Waals surface area (Å²) in [6.45, 7) is 5.32. The third-order valence-corrected chi connectivity index (χ3v) is 3.97. The number of hydrogen-bond acceptors (Lipinski definition) is 7. The average Bonchev–Trinajstić information content (AvgIpc) is 3.02. The number of thiophene rings is 1. The Balaban J connectivity index is 2.39. The van der Waals surface area contributed by atoms with E-state index in [4.69, 9.17) is 10.5 Å². The minimum atomic E-state index is -0.654. The lowest BCUT2D eigenvalue weighted by Crippen LogP contribution is -2.28. The standard InChI is InChI=1S/C13H16N4O3S2/c1-13(2,3)20-12(19)17-10(8-4-5-21-6-8)15-16-11(17)22-7-9(14)18/h4-6H,7H2,1-3H3,(H2,14,18). The normalized spacial score (nSPS) is 11.4. The van der Waals surface area contributed by atoms with Crippen molar-refractivity contribution in [3.05, 3.63) is 16.8 Å². The molecule has 118 valence electrons. The molecule has 0 aliphatic rings. The number of carbonyl (C=O) groups excluding carboxylic acids is 2. The molecule has 0 spiro atoms. The van der Waals surface area contributed by atoms with Gasteiger partial charge in [-0.3, -0.25) is 4.79 Å².